The smallest absolute Gasteiger partial charge is 0.233 e. The molecule has 0 spiro atoms. The molecule has 0 radical (unpaired) electrons. The van der Waals surface area contributed by atoms with Gasteiger partial charge in [-0.15, -0.1) is 0 Å². The molecule has 0 aliphatic rings. The van der Waals surface area contributed by atoms with E-state index in [1.165, 1.54) is 0 Å². The van der Waals surface area contributed by atoms with E-state index in [0.29, 0.717) is 29.3 Å². The highest BCUT2D eigenvalue weighted by Crippen LogP contribution is 2.23. The monoisotopic (exact) mass is 254 g/mol. The van der Waals surface area contributed by atoms with Crippen LogP contribution in [-0.2, 0) is 6.61 Å². The Morgan fingerprint density at radius 3 is 2.79 bits per heavy atom. The number of nitrogens with zero attached hydrogens (tertiary/aromatic N) is 1. The molecule has 96 valence electrons. The maximum Gasteiger partial charge on any atom is 0.233 e. The van der Waals surface area contributed by atoms with Crippen LogP contribution in [0.15, 0.2) is 46.9 Å². The van der Waals surface area contributed by atoms with E-state index >= 15 is 0 Å². The number of nitrogen functional groups attached to an aromatic ring is 1. The minimum atomic E-state index is 0.291. The van der Waals surface area contributed by atoms with Crippen LogP contribution in [0.1, 0.15) is 11.5 Å². The Bertz CT molecular complexity index is 719. The number of rotatable bonds is 3. The maximum absolute atomic E-state index is 5.84. The van der Waals surface area contributed by atoms with E-state index < -0.39 is 0 Å². The van der Waals surface area contributed by atoms with Gasteiger partial charge in [0.1, 0.15) is 11.3 Å². The molecule has 0 atom stereocenters. The summed E-state index contributed by atoms with van der Waals surface area (Å²) >= 11 is 0. The van der Waals surface area contributed by atoms with Gasteiger partial charge in [0.25, 0.3) is 0 Å². The molecular weight excluding hydrogens is 240 g/mol. The summed E-state index contributed by atoms with van der Waals surface area (Å²) in [4.78, 5) is 4.34. The topological polar surface area (TPSA) is 61.3 Å². The van der Waals surface area contributed by atoms with Gasteiger partial charge in [-0.2, -0.15) is 0 Å². The third kappa shape index (κ3) is 2.25. The number of nitrogens with two attached hydrogens (primary N) is 1. The second kappa shape index (κ2) is 4.65. The number of oxazole rings is 1. The van der Waals surface area contributed by atoms with E-state index in [2.05, 4.69) is 4.98 Å². The molecule has 0 saturated heterocycles. The SMILES string of the molecule is Cc1ccccc1OCc1nc2c(N)cccc2o1. The highest BCUT2D eigenvalue weighted by Gasteiger charge is 2.09. The van der Waals surface area contributed by atoms with Crippen molar-refractivity contribution in [3.63, 3.8) is 0 Å². The molecule has 2 aromatic carbocycles. The summed E-state index contributed by atoms with van der Waals surface area (Å²) in [5.41, 5.74) is 8.90. The van der Waals surface area contributed by atoms with E-state index in [9.17, 15) is 0 Å². The Kier molecular flexibility index (Phi) is 2.83. The normalized spacial score (nSPS) is 10.8. The first-order valence-corrected chi connectivity index (χ1v) is 6.06. The maximum atomic E-state index is 5.84. The van der Waals surface area contributed by atoms with Gasteiger partial charge < -0.3 is 14.9 Å². The van der Waals surface area contributed by atoms with Gasteiger partial charge in [-0.3, -0.25) is 0 Å². The predicted molar refractivity (Wildman–Crippen MR) is 73.9 cm³/mol. The van der Waals surface area contributed by atoms with Crippen LogP contribution in [0.5, 0.6) is 5.75 Å². The molecule has 0 fully saturated rings. The van der Waals surface area contributed by atoms with E-state index in [0.717, 1.165) is 11.3 Å². The molecule has 19 heavy (non-hydrogen) atoms. The highest BCUT2D eigenvalue weighted by molar-refractivity contribution is 5.85. The largest absolute Gasteiger partial charge is 0.484 e. The molecule has 3 rings (SSSR count). The van der Waals surface area contributed by atoms with Gasteiger partial charge in [0, 0.05) is 0 Å². The number of aromatic nitrogens is 1. The van der Waals surface area contributed by atoms with Crippen molar-refractivity contribution < 1.29 is 9.15 Å². The fourth-order valence-corrected chi connectivity index (χ4v) is 1.94. The zero-order valence-electron chi connectivity index (χ0n) is 10.6. The molecule has 4 heteroatoms. The molecule has 0 bridgehead atoms. The molecule has 0 amide bonds. The average molecular weight is 254 g/mol. The number of aryl methyl sites for hydroxylation is 1. The second-order valence-electron chi connectivity index (χ2n) is 4.36. The van der Waals surface area contributed by atoms with Crippen molar-refractivity contribution in [2.75, 3.05) is 5.73 Å². The minimum absolute atomic E-state index is 0.291. The van der Waals surface area contributed by atoms with Crippen LogP contribution in [-0.4, -0.2) is 4.98 Å². The zero-order chi connectivity index (χ0) is 13.2. The van der Waals surface area contributed by atoms with Crippen LogP contribution in [0.2, 0.25) is 0 Å². The van der Waals surface area contributed by atoms with Crippen LogP contribution in [0, 0.1) is 6.92 Å². The summed E-state index contributed by atoms with van der Waals surface area (Å²) < 4.78 is 11.3. The minimum Gasteiger partial charge on any atom is -0.484 e. The lowest BCUT2D eigenvalue weighted by molar-refractivity contribution is 0.265. The molecule has 1 heterocycles. The first-order chi connectivity index (χ1) is 9.24. The third-order valence-electron chi connectivity index (χ3n) is 2.94. The summed E-state index contributed by atoms with van der Waals surface area (Å²) in [5, 5.41) is 0. The Balaban J connectivity index is 1.83. The van der Waals surface area contributed by atoms with Gasteiger partial charge in [-0.1, -0.05) is 24.3 Å². The Morgan fingerprint density at radius 2 is 2.00 bits per heavy atom. The fourth-order valence-electron chi connectivity index (χ4n) is 1.94. The van der Waals surface area contributed by atoms with Crippen molar-refractivity contribution in [2.24, 2.45) is 0 Å². The summed E-state index contributed by atoms with van der Waals surface area (Å²) in [6.07, 6.45) is 0. The number of anilines is 1. The van der Waals surface area contributed by atoms with Crippen LogP contribution in [0.25, 0.3) is 11.1 Å². The Labute approximate surface area is 110 Å². The summed E-state index contributed by atoms with van der Waals surface area (Å²) in [5.74, 6) is 1.36. The number of hydrogen-bond acceptors (Lipinski definition) is 4. The lowest BCUT2D eigenvalue weighted by Crippen LogP contribution is -1.97. The first-order valence-electron chi connectivity index (χ1n) is 6.06. The van der Waals surface area contributed by atoms with E-state index in [1.54, 1.807) is 6.07 Å². The average Bonchev–Trinajstić information content (AvgIpc) is 2.82. The van der Waals surface area contributed by atoms with Crippen molar-refractivity contribution in [3.05, 3.63) is 53.9 Å². The molecule has 0 saturated carbocycles. The summed E-state index contributed by atoms with van der Waals surface area (Å²) in [6, 6.07) is 13.3. The van der Waals surface area contributed by atoms with Crippen LogP contribution in [0.4, 0.5) is 5.69 Å². The number of hydrogen-bond donors (Lipinski definition) is 1. The fraction of sp³-hybridized carbons (Fsp3) is 0.133. The van der Waals surface area contributed by atoms with Gasteiger partial charge in [0.2, 0.25) is 5.89 Å². The van der Waals surface area contributed by atoms with Gasteiger partial charge >= 0.3 is 0 Å². The second-order valence-corrected chi connectivity index (χ2v) is 4.36. The third-order valence-corrected chi connectivity index (χ3v) is 2.94. The lowest BCUT2D eigenvalue weighted by atomic mass is 10.2. The van der Waals surface area contributed by atoms with Crippen molar-refractivity contribution in [2.45, 2.75) is 13.5 Å². The molecule has 4 nitrogen and oxygen atoms in total. The van der Waals surface area contributed by atoms with Gasteiger partial charge in [-0.25, -0.2) is 4.98 Å². The van der Waals surface area contributed by atoms with Crippen molar-refractivity contribution in [1.29, 1.82) is 0 Å². The van der Waals surface area contributed by atoms with Gasteiger partial charge in [0.05, 0.1) is 5.69 Å². The quantitative estimate of drug-likeness (QED) is 0.728. The van der Waals surface area contributed by atoms with E-state index in [1.807, 2.05) is 43.3 Å². The standard InChI is InChI=1S/C15H14N2O2/c1-10-5-2-3-7-12(10)18-9-14-17-15-11(16)6-4-8-13(15)19-14/h2-8H,9,16H2,1H3. The predicted octanol–water partition coefficient (Wildman–Crippen LogP) is 3.30. The van der Waals surface area contributed by atoms with Crippen molar-refractivity contribution in [3.8, 4) is 5.75 Å². The highest BCUT2D eigenvalue weighted by atomic mass is 16.5. The van der Waals surface area contributed by atoms with Gasteiger partial charge in [-0.05, 0) is 30.7 Å². The number of ether oxygens (including phenoxy) is 1. The number of fused-ring (bicyclic) bond motifs is 1. The molecule has 0 unspecified atom stereocenters. The van der Waals surface area contributed by atoms with Crippen LogP contribution in [0.3, 0.4) is 0 Å². The van der Waals surface area contributed by atoms with Crippen molar-refractivity contribution >= 4 is 16.8 Å². The molecule has 1 aromatic heterocycles. The molecule has 3 aromatic rings. The van der Waals surface area contributed by atoms with Crippen LogP contribution < -0.4 is 10.5 Å². The summed E-state index contributed by atoms with van der Waals surface area (Å²) in [7, 11) is 0. The van der Waals surface area contributed by atoms with Crippen LogP contribution >= 0.6 is 0 Å². The zero-order valence-corrected chi connectivity index (χ0v) is 10.6. The van der Waals surface area contributed by atoms with Crippen molar-refractivity contribution in [1.82, 2.24) is 4.98 Å². The molecule has 0 aliphatic heterocycles. The van der Waals surface area contributed by atoms with Gasteiger partial charge in [0.15, 0.2) is 12.2 Å². The number of para-hydroxylation sites is 2. The summed E-state index contributed by atoms with van der Waals surface area (Å²) in [6.45, 7) is 2.29. The Morgan fingerprint density at radius 1 is 1.16 bits per heavy atom. The van der Waals surface area contributed by atoms with E-state index in [-0.39, 0.29) is 0 Å². The molecular formula is C15H14N2O2. The molecule has 0 aliphatic carbocycles. The van der Waals surface area contributed by atoms with E-state index in [4.69, 9.17) is 14.9 Å². The first kappa shape index (κ1) is 11.6. The lowest BCUT2D eigenvalue weighted by Gasteiger charge is -2.05. The number of benzene rings is 2. The molecule has 2 N–H and O–H groups in total. The Hall–Kier alpha value is -2.49.